The number of unbranched alkanes of at least 4 members (excludes halogenated alkanes) is 3. The van der Waals surface area contributed by atoms with E-state index < -0.39 is 0 Å². The van der Waals surface area contributed by atoms with Crippen LogP contribution >= 0.6 is 0 Å². The molecule has 0 aromatic heterocycles. The summed E-state index contributed by atoms with van der Waals surface area (Å²) in [5.74, 6) is -0.598. The Balaban J connectivity index is 0.000000454. The Bertz CT molecular complexity index is 1260. The van der Waals surface area contributed by atoms with Crippen molar-refractivity contribution in [1.82, 2.24) is 0 Å². The molecular weight excluding hydrogens is 539 g/mol. The maximum atomic E-state index is 11.5. The second-order valence-corrected chi connectivity index (χ2v) is 10.4. The molecule has 0 atom stereocenters. The van der Waals surface area contributed by atoms with Crippen molar-refractivity contribution in [3.8, 4) is 11.5 Å². The molecule has 0 radical (unpaired) electrons. The Morgan fingerprint density at radius 1 is 0.675 bits per heavy atom. The SMILES string of the molecule is CCCCCC(C=Nc1ccc(C)c(C)c1)=Nc1ccc(C)c(C)c1.CCCCc1ccc(CC)c([O-])c1[O-].[Ni+2]. The molecule has 3 aromatic rings. The normalized spacial score (nSPS) is 11.2. The number of aliphatic imine (C=N–C) groups is 2. The van der Waals surface area contributed by atoms with E-state index in [0.29, 0.717) is 17.5 Å². The topological polar surface area (TPSA) is 70.8 Å². The van der Waals surface area contributed by atoms with Crippen LogP contribution in [-0.4, -0.2) is 11.9 Å². The number of hydrogen-bond donors (Lipinski definition) is 0. The molecule has 0 N–H and O–H groups in total. The van der Waals surface area contributed by atoms with Crippen LogP contribution < -0.4 is 10.2 Å². The van der Waals surface area contributed by atoms with Crippen LogP contribution in [0.25, 0.3) is 0 Å². The summed E-state index contributed by atoms with van der Waals surface area (Å²) >= 11 is 0. The third-order valence-electron chi connectivity index (χ3n) is 7.11. The van der Waals surface area contributed by atoms with Crippen molar-refractivity contribution >= 4 is 23.3 Å². The Labute approximate surface area is 252 Å². The summed E-state index contributed by atoms with van der Waals surface area (Å²) in [5, 5.41) is 23.0. The minimum atomic E-state index is -0.305. The molecule has 3 aromatic carbocycles. The van der Waals surface area contributed by atoms with E-state index in [0.717, 1.165) is 49.2 Å². The summed E-state index contributed by atoms with van der Waals surface area (Å²) in [7, 11) is 0. The van der Waals surface area contributed by atoms with E-state index in [-0.39, 0.29) is 28.0 Å². The third kappa shape index (κ3) is 11.3. The molecule has 4 nitrogen and oxygen atoms in total. The molecule has 0 spiro atoms. The van der Waals surface area contributed by atoms with Crippen LogP contribution in [0.15, 0.2) is 58.5 Å². The predicted molar refractivity (Wildman–Crippen MR) is 165 cm³/mol. The van der Waals surface area contributed by atoms with Gasteiger partial charge in [0.1, 0.15) is 0 Å². The van der Waals surface area contributed by atoms with Gasteiger partial charge in [0.05, 0.1) is 17.1 Å². The number of nitrogens with zero attached hydrogens (tertiary/aromatic N) is 2. The van der Waals surface area contributed by atoms with Gasteiger partial charge in [0.2, 0.25) is 0 Å². The summed E-state index contributed by atoms with van der Waals surface area (Å²) in [5.41, 5.74) is 9.52. The van der Waals surface area contributed by atoms with E-state index in [1.54, 1.807) is 12.1 Å². The second kappa shape index (κ2) is 18.4. The Morgan fingerprint density at radius 3 is 1.80 bits per heavy atom. The minimum Gasteiger partial charge on any atom is -0.873 e. The van der Waals surface area contributed by atoms with Crippen LogP contribution in [0, 0.1) is 27.7 Å². The van der Waals surface area contributed by atoms with Crippen LogP contribution in [0.3, 0.4) is 0 Å². The molecule has 0 amide bonds. The van der Waals surface area contributed by atoms with Gasteiger partial charge in [-0.1, -0.05) is 75.4 Å². The first-order valence-electron chi connectivity index (χ1n) is 14.4. The number of benzene rings is 3. The Morgan fingerprint density at radius 2 is 1.23 bits per heavy atom. The van der Waals surface area contributed by atoms with Crippen molar-refractivity contribution < 1.29 is 26.7 Å². The zero-order chi connectivity index (χ0) is 28.8. The molecular formula is C35H46N2NiO2. The quantitative estimate of drug-likeness (QED) is 0.128. The van der Waals surface area contributed by atoms with Crippen LogP contribution in [0.5, 0.6) is 11.5 Å². The zero-order valence-corrected chi connectivity index (χ0v) is 26.4. The third-order valence-corrected chi connectivity index (χ3v) is 7.11. The first-order valence-corrected chi connectivity index (χ1v) is 14.4. The van der Waals surface area contributed by atoms with E-state index in [9.17, 15) is 10.2 Å². The van der Waals surface area contributed by atoms with Crippen molar-refractivity contribution in [3.63, 3.8) is 0 Å². The summed E-state index contributed by atoms with van der Waals surface area (Å²) in [6.07, 6.45) is 9.89. The molecule has 0 fully saturated rings. The van der Waals surface area contributed by atoms with Gasteiger partial charge in [0, 0.05) is 6.21 Å². The van der Waals surface area contributed by atoms with E-state index >= 15 is 0 Å². The van der Waals surface area contributed by atoms with Crippen molar-refractivity contribution in [1.29, 1.82) is 0 Å². The molecule has 0 heterocycles. The van der Waals surface area contributed by atoms with Crippen LogP contribution in [0.2, 0.25) is 0 Å². The largest absolute Gasteiger partial charge is 2.00 e. The Hall–Kier alpha value is -2.91. The van der Waals surface area contributed by atoms with Gasteiger partial charge in [0.25, 0.3) is 0 Å². The predicted octanol–water partition coefficient (Wildman–Crippen LogP) is 8.71. The molecule has 0 aliphatic rings. The first-order chi connectivity index (χ1) is 18.7. The molecule has 0 saturated heterocycles. The zero-order valence-electron chi connectivity index (χ0n) is 25.4. The van der Waals surface area contributed by atoms with Gasteiger partial charge in [0.15, 0.2) is 0 Å². The summed E-state index contributed by atoms with van der Waals surface area (Å²) in [6.45, 7) is 14.7. The molecule has 0 saturated carbocycles. The summed E-state index contributed by atoms with van der Waals surface area (Å²) in [4.78, 5) is 9.52. The van der Waals surface area contributed by atoms with E-state index in [1.165, 1.54) is 35.1 Å². The molecule has 3 rings (SSSR count). The standard InChI is InChI=1S/C23H30N2.C12H18O2.Ni/c1-6-7-8-9-23(25-22-13-11-18(3)20(5)15-22)16-24-21-12-10-17(2)19(4)14-21;1-3-5-6-10-8-7-9(4-2)11(13)12(10)14;/h10-16H,6-9H2,1-5H3;7-8,13-14H,3-6H2,1-2H3;/q;;+2/p-2. The molecule has 0 aliphatic carbocycles. The fraction of sp³-hybridized carbons (Fsp3) is 0.429. The minimum absolute atomic E-state index is 0. The maximum Gasteiger partial charge on any atom is 2.00 e. The summed E-state index contributed by atoms with van der Waals surface area (Å²) in [6, 6.07) is 16.3. The van der Waals surface area contributed by atoms with E-state index in [4.69, 9.17) is 4.99 Å². The van der Waals surface area contributed by atoms with Gasteiger partial charge in [-0.05, 0) is 106 Å². The number of hydrogen-bond acceptors (Lipinski definition) is 4. The average molecular weight is 585 g/mol. The molecule has 40 heavy (non-hydrogen) atoms. The van der Waals surface area contributed by atoms with Crippen molar-refractivity contribution in [2.75, 3.05) is 0 Å². The van der Waals surface area contributed by atoms with Crippen molar-refractivity contribution in [2.24, 2.45) is 9.98 Å². The van der Waals surface area contributed by atoms with Gasteiger partial charge in [-0.3, -0.25) is 9.98 Å². The first kappa shape index (κ1) is 35.1. The molecule has 218 valence electrons. The van der Waals surface area contributed by atoms with Crippen molar-refractivity contribution in [2.45, 2.75) is 99.8 Å². The molecule has 0 aliphatic heterocycles. The fourth-order valence-electron chi connectivity index (χ4n) is 4.11. The smallest absolute Gasteiger partial charge is 0.873 e. The van der Waals surface area contributed by atoms with Gasteiger partial charge in [-0.25, -0.2) is 0 Å². The summed E-state index contributed by atoms with van der Waals surface area (Å²) < 4.78 is 0. The van der Waals surface area contributed by atoms with Gasteiger partial charge in [-0.2, -0.15) is 0 Å². The number of rotatable bonds is 11. The van der Waals surface area contributed by atoms with Crippen LogP contribution in [-0.2, 0) is 29.3 Å². The van der Waals surface area contributed by atoms with Gasteiger partial charge < -0.3 is 10.2 Å². The van der Waals surface area contributed by atoms with E-state index in [2.05, 4.69) is 82.9 Å². The van der Waals surface area contributed by atoms with Crippen molar-refractivity contribution in [3.05, 3.63) is 81.9 Å². The van der Waals surface area contributed by atoms with Crippen LogP contribution in [0.4, 0.5) is 11.4 Å². The molecule has 5 heteroatoms. The maximum absolute atomic E-state index is 11.5. The van der Waals surface area contributed by atoms with Gasteiger partial charge in [-0.15, -0.1) is 11.5 Å². The number of aryl methyl sites for hydroxylation is 6. The molecule has 0 unspecified atom stereocenters. The van der Waals surface area contributed by atoms with Crippen LogP contribution in [0.1, 0.15) is 92.7 Å². The Kier molecular flexibility index (Phi) is 16.2. The molecule has 0 bridgehead atoms. The average Bonchev–Trinajstić information content (AvgIpc) is 2.92. The monoisotopic (exact) mass is 584 g/mol. The van der Waals surface area contributed by atoms with Gasteiger partial charge >= 0.3 is 16.5 Å². The fourth-order valence-corrected chi connectivity index (χ4v) is 4.11. The van der Waals surface area contributed by atoms with E-state index in [1.807, 2.05) is 13.1 Å². The second-order valence-electron chi connectivity index (χ2n) is 10.4.